The lowest BCUT2D eigenvalue weighted by atomic mass is 10.3. The van der Waals surface area contributed by atoms with Crippen LogP contribution in [0, 0.1) is 0 Å². The summed E-state index contributed by atoms with van der Waals surface area (Å²) in [6.07, 6.45) is 0. The van der Waals surface area contributed by atoms with Gasteiger partial charge >= 0.3 is 6.01 Å². The van der Waals surface area contributed by atoms with Crippen LogP contribution in [0.3, 0.4) is 0 Å². The van der Waals surface area contributed by atoms with Gasteiger partial charge in [-0.15, -0.1) is 0 Å². The summed E-state index contributed by atoms with van der Waals surface area (Å²) in [5.41, 5.74) is 0. The molecule has 1 aromatic heterocycles. The summed E-state index contributed by atoms with van der Waals surface area (Å²) in [6, 6.07) is 0.222. The smallest absolute Gasteiger partial charge is 0.322 e. The van der Waals surface area contributed by atoms with E-state index in [1.807, 2.05) is 0 Å². The van der Waals surface area contributed by atoms with Crippen LogP contribution in [-0.4, -0.2) is 66.2 Å². The molecule has 18 heavy (non-hydrogen) atoms. The monoisotopic (exact) mass is 272 g/mol. The Labute approximate surface area is 111 Å². The van der Waals surface area contributed by atoms with Gasteiger partial charge in [0.2, 0.25) is 11.2 Å². The molecule has 2 heterocycles. The third-order valence-electron chi connectivity index (χ3n) is 2.69. The molecular weight excluding hydrogens is 256 g/mol. The number of halogens is 1. The van der Waals surface area contributed by atoms with E-state index in [1.54, 1.807) is 0 Å². The minimum atomic E-state index is 0.131. The molecular formula is C10H17ClN6O. The fourth-order valence-electron chi connectivity index (χ4n) is 1.76. The second-order valence-electron chi connectivity index (χ2n) is 3.93. The fraction of sp³-hybridized carbons (Fsp3) is 0.700. The van der Waals surface area contributed by atoms with Gasteiger partial charge < -0.3 is 15.4 Å². The van der Waals surface area contributed by atoms with Crippen LogP contribution in [-0.2, 0) is 0 Å². The van der Waals surface area contributed by atoms with Crippen molar-refractivity contribution in [3.63, 3.8) is 0 Å². The average molecular weight is 273 g/mol. The molecule has 0 radical (unpaired) electrons. The van der Waals surface area contributed by atoms with Gasteiger partial charge in [0.05, 0.1) is 7.11 Å². The normalized spacial score (nSPS) is 16.6. The second kappa shape index (κ2) is 6.67. The van der Waals surface area contributed by atoms with Crippen molar-refractivity contribution in [1.82, 2.24) is 25.2 Å². The maximum Gasteiger partial charge on any atom is 0.322 e. The number of nitrogens with one attached hydrogen (secondary N) is 2. The van der Waals surface area contributed by atoms with Crippen molar-refractivity contribution in [2.45, 2.75) is 0 Å². The predicted octanol–water partition coefficient (Wildman–Crippen LogP) is -0.149. The Bertz CT molecular complexity index is 385. The lowest BCUT2D eigenvalue weighted by Gasteiger charge is -2.27. The molecule has 1 aromatic rings. The quantitative estimate of drug-likeness (QED) is 0.772. The topological polar surface area (TPSA) is 75.2 Å². The van der Waals surface area contributed by atoms with Crippen molar-refractivity contribution in [1.29, 1.82) is 0 Å². The summed E-state index contributed by atoms with van der Waals surface area (Å²) < 4.78 is 4.93. The molecule has 0 aromatic carbocycles. The van der Waals surface area contributed by atoms with E-state index in [-0.39, 0.29) is 11.3 Å². The molecule has 1 aliphatic heterocycles. The zero-order chi connectivity index (χ0) is 12.8. The number of hydrogen-bond acceptors (Lipinski definition) is 7. The molecule has 100 valence electrons. The van der Waals surface area contributed by atoms with Gasteiger partial charge in [-0.05, 0) is 11.6 Å². The van der Waals surface area contributed by atoms with Gasteiger partial charge in [-0.1, -0.05) is 0 Å². The zero-order valence-electron chi connectivity index (χ0n) is 10.3. The second-order valence-corrected chi connectivity index (χ2v) is 4.27. The molecule has 1 aliphatic rings. The van der Waals surface area contributed by atoms with Gasteiger partial charge in [0.15, 0.2) is 0 Å². The summed E-state index contributed by atoms with van der Waals surface area (Å²) in [6.45, 7) is 5.96. The minimum Gasteiger partial charge on any atom is -0.467 e. The summed E-state index contributed by atoms with van der Waals surface area (Å²) >= 11 is 5.76. The molecule has 0 saturated carbocycles. The largest absolute Gasteiger partial charge is 0.467 e. The van der Waals surface area contributed by atoms with Crippen LogP contribution in [0.15, 0.2) is 0 Å². The summed E-state index contributed by atoms with van der Waals surface area (Å²) in [4.78, 5) is 14.2. The lowest BCUT2D eigenvalue weighted by Crippen LogP contribution is -2.45. The van der Waals surface area contributed by atoms with Crippen LogP contribution in [0.5, 0.6) is 6.01 Å². The third-order valence-corrected chi connectivity index (χ3v) is 2.86. The van der Waals surface area contributed by atoms with E-state index in [9.17, 15) is 0 Å². The van der Waals surface area contributed by atoms with Crippen molar-refractivity contribution in [2.24, 2.45) is 0 Å². The summed E-state index contributed by atoms with van der Waals surface area (Å²) in [5.74, 6) is 0.446. The molecule has 0 bridgehead atoms. The standard InChI is InChI=1S/C10H17ClN6O/c1-18-10-15-8(11)14-9(16-10)13-4-7-17-5-2-12-3-6-17/h12H,2-7H2,1H3,(H,13,14,15,16). The van der Waals surface area contributed by atoms with E-state index in [0.717, 1.165) is 39.3 Å². The van der Waals surface area contributed by atoms with Gasteiger partial charge in [-0.3, -0.25) is 4.90 Å². The first-order valence-corrected chi connectivity index (χ1v) is 6.28. The van der Waals surface area contributed by atoms with Gasteiger partial charge in [0, 0.05) is 39.3 Å². The number of nitrogens with zero attached hydrogens (tertiary/aromatic N) is 4. The molecule has 8 heteroatoms. The number of methoxy groups -OCH3 is 1. The molecule has 0 spiro atoms. The Hall–Kier alpha value is -1.18. The van der Waals surface area contributed by atoms with Crippen molar-refractivity contribution < 1.29 is 4.74 Å². The van der Waals surface area contributed by atoms with Crippen molar-refractivity contribution >= 4 is 17.5 Å². The zero-order valence-corrected chi connectivity index (χ0v) is 11.1. The first-order valence-electron chi connectivity index (χ1n) is 5.90. The van der Waals surface area contributed by atoms with E-state index in [0.29, 0.717) is 5.95 Å². The van der Waals surface area contributed by atoms with Gasteiger partial charge in [-0.2, -0.15) is 15.0 Å². The van der Waals surface area contributed by atoms with Crippen LogP contribution < -0.4 is 15.4 Å². The van der Waals surface area contributed by atoms with Crippen LogP contribution >= 0.6 is 11.6 Å². The van der Waals surface area contributed by atoms with E-state index in [1.165, 1.54) is 7.11 Å². The average Bonchev–Trinajstić information content (AvgIpc) is 2.39. The van der Waals surface area contributed by atoms with Gasteiger partial charge in [0.1, 0.15) is 0 Å². The number of hydrogen-bond donors (Lipinski definition) is 2. The number of anilines is 1. The number of aromatic nitrogens is 3. The van der Waals surface area contributed by atoms with E-state index < -0.39 is 0 Å². The van der Waals surface area contributed by atoms with Crippen LogP contribution in [0.1, 0.15) is 0 Å². The predicted molar refractivity (Wildman–Crippen MR) is 69.2 cm³/mol. The Morgan fingerprint density at radius 2 is 2.11 bits per heavy atom. The van der Waals surface area contributed by atoms with E-state index in [4.69, 9.17) is 16.3 Å². The number of ether oxygens (including phenoxy) is 1. The van der Waals surface area contributed by atoms with Crippen molar-refractivity contribution in [3.05, 3.63) is 5.28 Å². The highest BCUT2D eigenvalue weighted by molar-refractivity contribution is 6.28. The van der Waals surface area contributed by atoms with Crippen LogP contribution in [0.25, 0.3) is 0 Å². The molecule has 1 fully saturated rings. The van der Waals surface area contributed by atoms with Gasteiger partial charge in [0.25, 0.3) is 0 Å². The Morgan fingerprint density at radius 1 is 1.33 bits per heavy atom. The minimum absolute atomic E-state index is 0.131. The molecule has 1 saturated heterocycles. The molecule has 0 aliphatic carbocycles. The Morgan fingerprint density at radius 3 is 2.83 bits per heavy atom. The molecule has 0 amide bonds. The highest BCUT2D eigenvalue weighted by Crippen LogP contribution is 2.10. The maximum absolute atomic E-state index is 5.76. The van der Waals surface area contributed by atoms with Crippen LogP contribution in [0.4, 0.5) is 5.95 Å². The highest BCUT2D eigenvalue weighted by Gasteiger charge is 2.09. The molecule has 0 atom stereocenters. The summed E-state index contributed by atoms with van der Waals surface area (Å²) in [7, 11) is 1.50. The molecule has 0 unspecified atom stereocenters. The Kier molecular flexibility index (Phi) is 4.91. The fourth-order valence-corrected chi connectivity index (χ4v) is 1.92. The van der Waals surface area contributed by atoms with E-state index in [2.05, 4.69) is 30.5 Å². The molecule has 2 N–H and O–H groups in total. The first-order chi connectivity index (χ1) is 8.78. The molecule has 7 nitrogen and oxygen atoms in total. The Balaban J connectivity index is 1.80. The third kappa shape index (κ3) is 3.94. The van der Waals surface area contributed by atoms with Crippen molar-refractivity contribution in [2.75, 3.05) is 51.7 Å². The number of rotatable bonds is 5. The van der Waals surface area contributed by atoms with Crippen LogP contribution in [0.2, 0.25) is 5.28 Å². The SMILES string of the molecule is COc1nc(Cl)nc(NCCN2CCNCC2)n1. The van der Waals surface area contributed by atoms with E-state index >= 15 is 0 Å². The van der Waals surface area contributed by atoms with Crippen molar-refractivity contribution in [3.8, 4) is 6.01 Å². The maximum atomic E-state index is 5.76. The highest BCUT2D eigenvalue weighted by atomic mass is 35.5. The number of piperazine rings is 1. The van der Waals surface area contributed by atoms with Gasteiger partial charge in [-0.25, -0.2) is 0 Å². The summed E-state index contributed by atoms with van der Waals surface area (Å²) in [5, 5.41) is 6.57. The lowest BCUT2D eigenvalue weighted by molar-refractivity contribution is 0.249. The molecule has 2 rings (SSSR count). The first kappa shape index (κ1) is 13.3.